The van der Waals surface area contributed by atoms with Crippen LogP contribution in [0.15, 0.2) is 142 Å². The molecule has 0 radical (unpaired) electrons. The Morgan fingerprint density at radius 1 is 0.566 bits per heavy atom. The van der Waals surface area contributed by atoms with E-state index in [0.717, 1.165) is 17.2 Å². The third-order valence-electron chi connectivity index (χ3n) is 7.54. The normalized spacial score (nSPS) is 12.4. The van der Waals surface area contributed by atoms with E-state index >= 15 is 0 Å². The van der Waals surface area contributed by atoms with Crippen molar-refractivity contribution in [1.29, 1.82) is 0 Å². The van der Waals surface area contributed by atoms with Crippen LogP contribution in [0.25, 0.3) is 21.5 Å². The van der Waals surface area contributed by atoms with Crippen LogP contribution in [-0.2, 0) is 27.6 Å². The molecule has 0 saturated carbocycles. The van der Waals surface area contributed by atoms with Crippen molar-refractivity contribution in [2.45, 2.75) is 79.5 Å². The monoisotopic (exact) mass is 762 g/mol. The third kappa shape index (κ3) is 10.7. The van der Waals surface area contributed by atoms with Crippen LogP contribution in [0, 0.1) is 0 Å². The second-order valence-corrected chi connectivity index (χ2v) is 17.5. The van der Waals surface area contributed by atoms with E-state index in [1.807, 2.05) is 12.1 Å². The first-order valence-corrected chi connectivity index (χ1v) is 19.4. The number of alkyl halides is 3. The van der Waals surface area contributed by atoms with E-state index in [0.29, 0.717) is 6.61 Å². The molecule has 0 aliphatic heterocycles. The largest absolute Gasteiger partial charge is 0.741 e. The van der Waals surface area contributed by atoms with E-state index in [9.17, 15) is 13.2 Å². The van der Waals surface area contributed by atoms with Gasteiger partial charge in [0.25, 0.3) is 0 Å². The molecule has 0 spiro atoms. The zero-order chi connectivity index (χ0) is 38.6. The molecule has 0 bridgehead atoms. The van der Waals surface area contributed by atoms with Gasteiger partial charge in [-0.05, 0) is 118 Å². The molecule has 0 amide bonds. The number of benzene rings is 6. The van der Waals surface area contributed by atoms with Gasteiger partial charge in [0.15, 0.2) is 24.8 Å². The van der Waals surface area contributed by atoms with Crippen LogP contribution in [-0.4, -0.2) is 29.7 Å². The first-order chi connectivity index (χ1) is 24.8. The maximum atomic E-state index is 10.7. The molecule has 0 aromatic heterocycles. The van der Waals surface area contributed by atoms with E-state index in [4.69, 9.17) is 27.2 Å². The van der Waals surface area contributed by atoms with Gasteiger partial charge in [-0.2, -0.15) is 13.2 Å². The minimum absolute atomic E-state index is 0.286. The van der Waals surface area contributed by atoms with Gasteiger partial charge in [0.05, 0.1) is 10.9 Å². The van der Waals surface area contributed by atoms with Crippen molar-refractivity contribution in [3.05, 3.63) is 133 Å². The Kier molecular flexibility index (Phi) is 11.7. The summed E-state index contributed by atoms with van der Waals surface area (Å²) in [5.74, 6) is 2.57. The standard InChI is InChI=1S/C41H41O3S.CHF3O3S/c1-40(2,3)43-32-15-11-17-35(26-32)45(36-18-12-16-33(27-36)44-41(4,5)6)34-23-21-31(22-24-34)42-28-39-37-19-9-7-13-29(37)25-30-14-8-10-20-38(30)39;2-1(3,4)8(5,6)7/h7-27H,28H2,1-6H3;(H,5,6,7)/q+1;/p-1. The van der Waals surface area contributed by atoms with Gasteiger partial charge in [-0.25, -0.2) is 8.42 Å². The Morgan fingerprint density at radius 3 is 1.42 bits per heavy atom. The van der Waals surface area contributed by atoms with Crippen molar-refractivity contribution < 1.29 is 40.4 Å². The van der Waals surface area contributed by atoms with E-state index in [2.05, 4.69) is 157 Å². The number of rotatable bonds is 8. The maximum Gasteiger partial charge on any atom is 0.485 e. The number of halogens is 3. The molecular formula is C42H41F3O6S2. The molecule has 278 valence electrons. The summed E-state index contributed by atoms with van der Waals surface area (Å²) in [6, 6.07) is 44.8. The Hall–Kier alpha value is -4.71. The number of fused-ring (bicyclic) bond motifs is 2. The molecule has 11 heteroatoms. The van der Waals surface area contributed by atoms with Gasteiger partial charge in [-0.1, -0.05) is 60.7 Å². The van der Waals surface area contributed by atoms with E-state index in [-0.39, 0.29) is 11.2 Å². The molecule has 0 atom stereocenters. The van der Waals surface area contributed by atoms with Crippen molar-refractivity contribution in [3.63, 3.8) is 0 Å². The fraction of sp³-hybridized carbons (Fsp3) is 0.238. The second-order valence-electron chi connectivity index (χ2n) is 14.1. The van der Waals surface area contributed by atoms with Gasteiger partial charge >= 0.3 is 5.51 Å². The number of hydrogen-bond acceptors (Lipinski definition) is 6. The highest BCUT2D eigenvalue weighted by molar-refractivity contribution is 7.97. The summed E-state index contributed by atoms with van der Waals surface area (Å²) in [5, 5.41) is 4.90. The van der Waals surface area contributed by atoms with Crippen LogP contribution in [0.3, 0.4) is 0 Å². The molecule has 0 heterocycles. The van der Waals surface area contributed by atoms with Crippen LogP contribution < -0.4 is 14.2 Å². The summed E-state index contributed by atoms with van der Waals surface area (Å²) in [4.78, 5) is 3.56. The summed E-state index contributed by atoms with van der Waals surface area (Å²) in [6.07, 6.45) is 0. The second kappa shape index (κ2) is 15.7. The van der Waals surface area contributed by atoms with Gasteiger partial charge in [0, 0.05) is 17.7 Å². The van der Waals surface area contributed by atoms with Gasteiger partial charge < -0.3 is 18.8 Å². The molecule has 6 rings (SSSR count). The summed E-state index contributed by atoms with van der Waals surface area (Å²) in [7, 11) is -6.48. The smallest absolute Gasteiger partial charge is 0.485 e. The summed E-state index contributed by atoms with van der Waals surface area (Å²) in [6.45, 7) is 12.9. The molecular weight excluding hydrogens is 722 g/mol. The highest BCUT2D eigenvalue weighted by Crippen LogP contribution is 2.37. The predicted molar refractivity (Wildman–Crippen MR) is 204 cm³/mol. The van der Waals surface area contributed by atoms with Gasteiger partial charge in [-0.15, -0.1) is 0 Å². The molecule has 53 heavy (non-hydrogen) atoms. The lowest BCUT2D eigenvalue weighted by atomic mass is 9.97. The van der Waals surface area contributed by atoms with Crippen LogP contribution in [0.5, 0.6) is 17.2 Å². The highest BCUT2D eigenvalue weighted by atomic mass is 32.2. The minimum Gasteiger partial charge on any atom is -0.741 e. The zero-order valence-corrected chi connectivity index (χ0v) is 31.9. The van der Waals surface area contributed by atoms with Crippen LogP contribution in [0.4, 0.5) is 13.2 Å². The Morgan fingerprint density at radius 2 is 1.00 bits per heavy atom. The average Bonchev–Trinajstić information content (AvgIpc) is 3.06. The SMILES string of the molecule is CC(C)(C)Oc1cccc([S+](c2ccc(OCc3c4ccccc4cc4ccccc34)cc2)c2cccc(OC(C)(C)C)c2)c1.O=S(=O)([O-])C(F)(F)F. The Bertz CT molecular complexity index is 2180. The summed E-state index contributed by atoms with van der Waals surface area (Å²) in [5.41, 5.74) is -5.01. The summed E-state index contributed by atoms with van der Waals surface area (Å²) < 4.78 is 77.9. The fourth-order valence-electron chi connectivity index (χ4n) is 5.54. The Labute approximate surface area is 311 Å². The quantitative estimate of drug-likeness (QED) is 0.0664. The first-order valence-electron chi connectivity index (χ1n) is 16.7. The van der Waals surface area contributed by atoms with Crippen molar-refractivity contribution in [1.82, 2.24) is 0 Å². The van der Waals surface area contributed by atoms with Gasteiger partial charge in [0.2, 0.25) is 0 Å². The topological polar surface area (TPSA) is 84.9 Å². The lowest BCUT2D eigenvalue weighted by molar-refractivity contribution is -0.0517. The van der Waals surface area contributed by atoms with Crippen molar-refractivity contribution in [2.24, 2.45) is 0 Å². The van der Waals surface area contributed by atoms with Crippen LogP contribution >= 0.6 is 0 Å². The van der Waals surface area contributed by atoms with E-state index in [1.165, 1.54) is 41.8 Å². The maximum absolute atomic E-state index is 10.7. The molecule has 6 aromatic rings. The molecule has 6 nitrogen and oxygen atoms in total. The highest BCUT2D eigenvalue weighted by Gasteiger charge is 2.37. The van der Waals surface area contributed by atoms with Gasteiger partial charge in [0.1, 0.15) is 35.1 Å². The van der Waals surface area contributed by atoms with Crippen molar-refractivity contribution in [2.75, 3.05) is 0 Å². The third-order valence-corrected chi connectivity index (χ3v) is 10.3. The number of ether oxygens (including phenoxy) is 3. The molecule has 0 fully saturated rings. The van der Waals surface area contributed by atoms with E-state index < -0.39 is 26.5 Å². The Balaban J connectivity index is 0.000000609. The lowest BCUT2D eigenvalue weighted by Crippen LogP contribution is -2.23. The number of hydrogen-bond donors (Lipinski definition) is 0. The predicted octanol–water partition coefficient (Wildman–Crippen LogP) is 11.1. The molecule has 6 aromatic carbocycles. The fourth-order valence-corrected chi connectivity index (χ4v) is 7.66. The van der Waals surface area contributed by atoms with Gasteiger partial charge in [-0.3, -0.25) is 0 Å². The molecule has 0 saturated heterocycles. The molecule has 0 N–H and O–H groups in total. The van der Waals surface area contributed by atoms with Crippen molar-refractivity contribution in [3.8, 4) is 17.2 Å². The summed E-state index contributed by atoms with van der Waals surface area (Å²) >= 11 is 0. The average molecular weight is 763 g/mol. The van der Waals surface area contributed by atoms with E-state index in [1.54, 1.807) is 0 Å². The lowest BCUT2D eigenvalue weighted by Gasteiger charge is -2.22. The van der Waals surface area contributed by atoms with Crippen LogP contribution in [0.1, 0.15) is 47.1 Å². The first kappa shape index (κ1) is 39.5. The molecule has 0 aliphatic rings. The molecule has 0 unspecified atom stereocenters. The minimum atomic E-state index is -6.09. The zero-order valence-electron chi connectivity index (χ0n) is 30.2. The molecule has 0 aliphatic carbocycles. The van der Waals surface area contributed by atoms with Crippen molar-refractivity contribution >= 4 is 42.6 Å². The van der Waals surface area contributed by atoms with Crippen LogP contribution in [0.2, 0.25) is 0 Å².